The average Bonchev–Trinajstić information content (AvgIpc) is 2.65. The number of nitrogens with one attached hydrogen (secondary N) is 1. The molecule has 0 heterocycles. The number of nitrogens with zero attached hydrogens (tertiary/aromatic N) is 2. The van der Waals surface area contributed by atoms with Crippen molar-refractivity contribution in [2.45, 2.75) is 11.8 Å². The van der Waals surface area contributed by atoms with E-state index in [1.165, 1.54) is 56.5 Å². The summed E-state index contributed by atoms with van der Waals surface area (Å²) in [5.41, 5.74) is 0.179. The van der Waals surface area contributed by atoms with Crippen LogP contribution in [0.4, 0.5) is 17.1 Å². The SMILES string of the molecule is C=CCN(c1cc([N+](=O)[O-])ccc1OC)S(=O)(=O)c1ccc(NC(C)=O)cc1. The number of hydrogen-bond donors (Lipinski definition) is 1. The van der Waals surface area contributed by atoms with Gasteiger partial charge in [-0.15, -0.1) is 6.58 Å². The van der Waals surface area contributed by atoms with Gasteiger partial charge < -0.3 is 10.1 Å². The zero-order valence-corrected chi connectivity index (χ0v) is 16.1. The van der Waals surface area contributed by atoms with Gasteiger partial charge >= 0.3 is 0 Å². The Kier molecular flexibility index (Phi) is 6.37. The van der Waals surface area contributed by atoms with E-state index in [1.54, 1.807) is 0 Å². The van der Waals surface area contributed by atoms with Gasteiger partial charge in [-0.05, 0) is 30.3 Å². The van der Waals surface area contributed by atoms with Crippen LogP contribution in [-0.2, 0) is 14.8 Å². The Labute approximate surface area is 162 Å². The monoisotopic (exact) mass is 405 g/mol. The molecule has 0 radical (unpaired) electrons. The minimum absolute atomic E-state index is 0.0162. The number of nitro groups is 1. The highest BCUT2D eigenvalue weighted by molar-refractivity contribution is 7.92. The van der Waals surface area contributed by atoms with Gasteiger partial charge in [-0.2, -0.15) is 0 Å². The summed E-state index contributed by atoms with van der Waals surface area (Å²) in [6.07, 6.45) is 1.36. The lowest BCUT2D eigenvalue weighted by Crippen LogP contribution is -2.31. The number of ether oxygens (including phenoxy) is 1. The number of non-ortho nitro benzene ring substituents is 1. The van der Waals surface area contributed by atoms with Crippen LogP contribution in [0.1, 0.15) is 6.92 Å². The Morgan fingerprint density at radius 1 is 1.29 bits per heavy atom. The zero-order valence-electron chi connectivity index (χ0n) is 15.3. The summed E-state index contributed by atoms with van der Waals surface area (Å²) in [5.74, 6) is -0.129. The van der Waals surface area contributed by atoms with Crippen LogP contribution >= 0.6 is 0 Å². The van der Waals surface area contributed by atoms with Gasteiger partial charge in [-0.1, -0.05) is 6.08 Å². The molecule has 0 aliphatic heterocycles. The number of nitro benzene ring substituents is 1. The minimum atomic E-state index is -4.09. The van der Waals surface area contributed by atoms with Gasteiger partial charge in [0.05, 0.1) is 23.5 Å². The van der Waals surface area contributed by atoms with Crippen molar-refractivity contribution < 1.29 is 22.9 Å². The Hall–Kier alpha value is -3.40. The molecule has 0 fully saturated rings. The number of carbonyl (C=O) groups excluding carboxylic acids is 1. The predicted molar refractivity (Wildman–Crippen MR) is 105 cm³/mol. The fraction of sp³-hybridized carbons (Fsp3) is 0.167. The third kappa shape index (κ3) is 4.46. The lowest BCUT2D eigenvalue weighted by molar-refractivity contribution is -0.384. The van der Waals surface area contributed by atoms with Crippen LogP contribution in [0.5, 0.6) is 5.75 Å². The first-order chi connectivity index (χ1) is 13.2. The molecule has 28 heavy (non-hydrogen) atoms. The second kappa shape index (κ2) is 8.53. The highest BCUT2D eigenvalue weighted by Crippen LogP contribution is 2.35. The quantitative estimate of drug-likeness (QED) is 0.410. The number of methoxy groups -OCH3 is 1. The largest absolute Gasteiger partial charge is 0.495 e. The van der Waals surface area contributed by atoms with Gasteiger partial charge in [0, 0.05) is 24.7 Å². The van der Waals surface area contributed by atoms with Crippen LogP contribution in [0, 0.1) is 10.1 Å². The number of sulfonamides is 1. The maximum atomic E-state index is 13.2. The summed E-state index contributed by atoms with van der Waals surface area (Å²) < 4.78 is 32.5. The Balaban J connectivity index is 2.56. The molecule has 9 nitrogen and oxygen atoms in total. The van der Waals surface area contributed by atoms with Crippen LogP contribution in [0.2, 0.25) is 0 Å². The number of carbonyl (C=O) groups is 1. The first kappa shape index (κ1) is 20.9. The fourth-order valence-corrected chi connectivity index (χ4v) is 3.91. The second-order valence-electron chi connectivity index (χ2n) is 5.64. The van der Waals surface area contributed by atoms with E-state index < -0.39 is 14.9 Å². The fourth-order valence-electron chi connectivity index (χ4n) is 2.47. The van der Waals surface area contributed by atoms with Crippen LogP contribution in [0.15, 0.2) is 60.0 Å². The maximum Gasteiger partial charge on any atom is 0.271 e. The van der Waals surface area contributed by atoms with Crippen molar-refractivity contribution >= 4 is 33.0 Å². The van der Waals surface area contributed by atoms with Gasteiger partial charge in [0.1, 0.15) is 11.4 Å². The maximum absolute atomic E-state index is 13.2. The van der Waals surface area contributed by atoms with Crippen LogP contribution in [0.3, 0.4) is 0 Å². The van der Waals surface area contributed by atoms with Crippen molar-refractivity contribution in [3.8, 4) is 5.75 Å². The number of amides is 1. The summed E-state index contributed by atoms with van der Waals surface area (Å²) >= 11 is 0. The third-order valence-electron chi connectivity index (χ3n) is 3.70. The van der Waals surface area contributed by atoms with E-state index in [1.807, 2.05) is 0 Å². The van der Waals surface area contributed by atoms with Crippen molar-refractivity contribution in [2.24, 2.45) is 0 Å². The smallest absolute Gasteiger partial charge is 0.271 e. The van der Waals surface area contributed by atoms with E-state index in [9.17, 15) is 23.3 Å². The van der Waals surface area contributed by atoms with Crippen LogP contribution < -0.4 is 14.4 Å². The summed E-state index contributed by atoms with van der Waals surface area (Å²) in [7, 11) is -2.75. The Bertz CT molecular complexity index is 1000. The van der Waals surface area contributed by atoms with Crippen molar-refractivity contribution in [2.75, 3.05) is 23.3 Å². The molecule has 2 rings (SSSR count). The number of anilines is 2. The predicted octanol–water partition coefficient (Wildman–Crippen LogP) is 2.94. The molecule has 0 saturated heterocycles. The van der Waals surface area contributed by atoms with Gasteiger partial charge in [0.25, 0.3) is 15.7 Å². The van der Waals surface area contributed by atoms with E-state index in [-0.39, 0.29) is 34.5 Å². The van der Waals surface area contributed by atoms with Crippen molar-refractivity contribution in [3.05, 3.63) is 65.2 Å². The molecule has 0 aromatic heterocycles. The molecule has 10 heteroatoms. The van der Waals surface area contributed by atoms with Gasteiger partial charge in [-0.3, -0.25) is 19.2 Å². The molecule has 2 aromatic rings. The lowest BCUT2D eigenvalue weighted by atomic mass is 10.2. The molecule has 0 aliphatic carbocycles. The lowest BCUT2D eigenvalue weighted by Gasteiger charge is -2.24. The summed E-state index contributed by atoms with van der Waals surface area (Å²) in [6.45, 7) is 4.77. The summed E-state index contributed by atoms with van der Waals surface area (Å²) in [5, 5.41) is 13.7. The van der Waals surface area contributed by atoms with E-state index in [2.05, 4.69) is 11.9 Å². The zero-order chi connectivity index (χ0) is 20.9. The molecule has 1 amide bonds. The molecule has 0 aliphatic rings. The molecule has 0 spiro atoms. The molecule has 1 N–H and O–H groups in total. The van der Waals surface area contributed by atoms with E-state index in [4.69, 9.17) is 4.74 Å². The molecule has 148 valence electrons. The molecular formula is C18H19N3O6S. The highest BCUT2D eigenvalue weighted by Gasteiger charge is 2.28. The van der Waals surface area contributed by atoms with Gasteiger partial charge in [0.2, 0.25) is 5.91 Å². The normalized spacial score (nSPS) is 10.8. The van der Waals surface area contributed by atoms with E-state index in [0.717, 1.165) is 10.4 Å². The summed E-state index contributed by atoms with van der Waals surface area (Å²) in [4.78, 5) is 21.6. The Morgan fingerprint density at radius 3 is 2.43 bits per heavy atom. The molecular weight excluding hydrogens is 386 g/mol. The van der Waals surface area contributed by atoms with Crippen LogP contribution in [-0.4, -0.2) is 32.9 Å². The van der Waals surface area contributed by atoms with E-state index >= 15 is 0 Å². The van der Waals surface area contributed by atoms with Crippen molar-refractivity contribution in [1.82, 2.24) is 0 Å². The minimum Gasteiger partial charge on any atom is -0.495 e. The van der Waals surface area contributed by atoms with Gasteiger partial charge in [0.15, 0.2) is 0 Å². The topological polar surface area (TPSA) is 119 Å². The highest BCUT2D eigenvalue weighted by atomic mass is 32.2. The first-order valence-corrected chi connectivity index (χ1v) is 9.48. The number of benzene rings is 2. The number of hydrogen-bond acceptors (Lipinski definition) is 6. The number of rotatable bonds is 8. The van der Waals surface area contributed by atoms with Crippen LogP contribution in [0.25, 0.3) is 0 Å². The third-order valence-corrected chi connectivity index (χ3v) is 5.49. The first-order valence-electron chi connectivity index (χ1n) is 8.04. The summed E-state index contributed by atoms with van der Waals surface area (Å²) in [6, 6.07) is 9.25. The molecule has 0 saturated carbocycles. The van der Waals surface area contributed by atoms with Crippen molar-refractivity contribution in [3.63, 3.8) is 0 Å². The van der Waals surface area contributed by atoms with E-state index in [0.29, 0.717) is 5.69 Å². The molecule has 0 bridgehead atoms. The van der Waals surface area contributed by atoms with Crippen molar-refractivity contribution in [1.29, 1.82) is 0 Å². The van der Waals surface area contributed by atoms with Gasteiger partial charge in [-0.25, -0.2) is 8.42 Å². The molecule has 0 unspecified atom stereocenters. The molecule has 2 aromatic carbocycles. The Morgan fingerprint density at radius 2 is 1.93 bits per heavy atom. The second-order valence-corrected chi connectivity index (χ2v) is 7.51. The average molecular weight is 405 g/mol. The molecule has 0 atom stereocenters. The standard InChI is InChI=1S/C18H19N3O6S/c1-4-11-20(17-12-15(21(23)24)7-10-18(17)27-3)28(25,26)16-8-5-14(6-9-16)19-13(2)22/h4-10,12H,1,11H2,2-3H3,(H,19,22).